The fourth-order valence-corrected chi connectivity index (χ4v) is 2.12. The Labute approximate surface area is 103 Å². The van der Waals surface area contributed by atoms with E-state index in [2.05, 4.69) is 20.7 Å². The smallest absolute Gasteiger partial charge is 0.309 e. The van der Waals surface area contributed by atoms with Gasteiger partial charge in [-0.3, -0.25) is 4.79 Å². The molecule has 0 atom stereocenters. The second kappa shape index (κ2) is 5.52. The summed E-state index contributed by atoms with van der Waals surface area (Å²) in [5, 5.41) is 1.42. The predicted octanol–water partition coefficient (Wildman–Crippen LogP) is 3.26. The number of hydrogen-bond acceptors (Lipinski definition) is 2. The fraction of sp³-hybridized carbons (Fsp3) is 0.364. The second-order valence-corrected chi connectivity index (χ2v) is 4.22. The molecule has 0 spiro atoms. The largest absolute Gasteiger partial charge is 0.469 e. The van der Waals surface area contributed by atoms with E-state index in [1.807, 2.05) is 13.0 Å². The first kappa shape index (κ1) is 12.5. The number of esters is 1. The van der Waals surface area contributed by atoms with E-state index in [1.54, 1.807) is 6.07 Å². The standard InChI is InChI=1S/C11H12BrClO2/c1-7-9(6-12)3-8(4-10(7)13)5-11(14)15-2/h3-4H,5-6H2,1-2H3. The van der Waals surface area contributed by atoms with Gasteiger partial charge in [0.25, 0.3) is 0 Å². The third kappa shape index (κ3) is 3.21. The minimum absolute atomic E-state index is 0.254. The molecule has 2 nitrogen and oxygen atoms in total. The van der Waals surface area contributed by atoms with Crippen molar-refractivity contribution >= 4 is 33.5 Å². The zero-order valence-electron chi connectivity index (χ0n) is 8.64. The molecule has 4 heteroatoms. The van der Waals surface area contributed by atoms with E-state index in [-0.39, 0.29) is 12.4 Å². The minimum Gasteiger partial charge on any atom is -0.469 e. The van der Waals surface area contributed by atoms with E-state index in [4.69, 9.17) is 11.6 Å². The molecule has 0 fully saturated rings. The Morgan fingerprint density at radius 3 is 2.73 bits per heavy atom. The Balaban J connectivity index is 3.00. The lowest BCUT2D eigenvalue weighted by Crippen LogP contribution is -2.05. The Kier molecular flexibility index (Phi) is 4.61. The second-order valence-electron chi connectivity index (χ2n) is 3.25. The van der Waals surface area contributed by atoms with Gasteiger partial charge in [-0.05, 0) is 29.7 Å². The first-order chi connectivity index (χ1) is 7.08. The highest BCUT2D eigenvalue weighted by Gasteiger charge is 2.08. The molecule has 0 saturated carbocycles. The highest BCUT2D eigenvalue weighted by Crippen LogP contribution is 2.23. The Morgan fingerprint density at radius 2 is 2.20 bits per heavy atom. The Bertz CT molecular complexity index is 377. The van der Waals surface area contributed by atoms with Crippen molar-refractivity contribution in [1.82, 2.24) is 0 Å². The molecule has 1 aromatic carbocycles. The molecule has 0 saturated heterocycles. The molecule has 0 aromatic heterocycles. The highest BCUT2D eigenvalue weighted by molar-refractivity contribution is 9.08. The lowest BCUT2D eigenvalue weighted by Gasteiger charge is -2.08. The van der Waals surface area contributed by atoms with Gasteiger partial charge in [0.05, 0.1) is 13.5 Å². The Morgan fingerprint density at radius 1 is 1.53 bits per heavy atom. The molecular formula is C11H12BrClO2. The van der Waals surface area contributed by atoms with Crippen LogP contribution in [0.15, 0.2) is 12.1 Å². The molecule has 0 aliphatic carbocycles. The van der Waals surface area contributed by atoms with Gasteiger partial charge < -0.3 is 4.74 Å². The molecular weight excluding hydrogens is 279 g/mol. The third-order valence-electron chi connectivity index (χ3n) is 2.23. The van der Waals surface area contributed by atoms with Crippen LogP contribution in [0.1, 0.15) is 16.7 Å². The van der Waals surface area contributed by atoms with E-state index in [0.717, 1.165) is 22.0 Å². The van der Waals surface area contributed by atoms with Crippen LogP contribution < -0.4 is 0 Å². The van der Waals surface area contributed by atoms with Crippen LogP contribution in [0.2, 0.25) is 5.02 Å². The van der Waals surface area contributed by atoms with Crippen LogP contribution in [-0.2, 0) is 21.3 Å². The maximum absolute atomic E-state index is 11.1. The number of methoxy groups -OCH3 is 1. The molecule has 0 radical (unpaired) electrons. The van der Waals surface area contributed by atoms with Crippen LogP contribution in [0, 0.1) is 6.92 Å². The van der Waals surface area contributed by atoms with Crippen molar-refractivity contribution in [3.8, 4) is 0 Å². The zero-order chi connectivity index (χ0) is 11.4. The molecule has 82 valence electrons. The number of rotatable bonds is 3. The van der Waals surface area contributed by atoms with Gasteiger partial charge >= 0.3 is 5.97 Å². The molecule has 1 rings (SSSR count). The normalized spacial score (nSPS) is 10.1. The lowest BCUT2D eigenvalue weighted by atomic mass is 10.0. The maximum Gasteiger partial charge on any atom is 0.309 e. The third-order valence-corrected chi connectivity index (χ3v) is 3.23. The van der Waals surface area contributed by atoms with E-state index < -0.39 is 0 Å². The van der Waals surface area contributed by atoms with E-state index in [0.29, 0.717) is 5.02 Å². The zero-order valence-corrected chi connectivity index (χ0v) is 11.0. The molecule has 0 N–H and O–H groups in total. The molecule has 0 unspecified atom stereocenters. The lowest BCUT2D eigenvalue weighted by molar-refractivity contribution is -0.139. The van der Waals surface area contributed by atoms with Crippen molar-refractivity contribution in [1.29, 1.82) is 0 Å². The van der Waals surface area contributed by atoms with Gasteiger partial charge in [-0.15, -0.1) is 0 Å². The summed E-state index contributed by atoms with van der Waals surface area (Å²) in [6, 6.07) is 3.77. The van der Waals surface area contributed by atoms with Crippen LogP contribution in [0.4, 0.5) is 0 Å². The van der Waals surface area contributed by atoms with Gasteiger partial charge in [0.15, 0.2) is 0 Å². The summed E-state index contributed by atoms with van der Waals surface area (Å²) in [6.07, 6.45) is 0.260. The first-order valence-corrected chi connectivity index (χ1v) is 5.99. The monoisotopic (exact) mass is 290 g/mol. The van der Waals surface area contributed by atoms with Gasteiger partial charge in [-0.25, -0.2) is 0 Å². The predicted molar refractivity (Wildman–Crippen MR) is 64.5 cm³/mol. The summed E-state index contributed by atoms with van der Waals surface area (Å²) < 4.78 is 4.60. The van der Waals surface area contributed by atoms with Crippen molar-refractivity contribution in [3.63, 3.8) is 0 Å². The van der Waals surface area contributed by atoms with Crippen molar-refractivity contribution in [2.24, 2.45) is 0 Å². The van der Waals surface area contributed by atoms with Gasteiger partial charge in [-0.1, -0.05) is 33.6 Å². The quantitative estimate of drug-likeness (QED) is 0.631. The average Bonchev–Trinajstić information content (AvgIpc) is 2.22. The summed E-state index contributed by atoms with van der Waals surface area (Å²) in [4.78, 5) is 11.1. The fourth-order valence-electron chi connectivity index (χ4n) is 1.28. The number of ether oxygens (including phenoxy) is 1. The van der Waals surface area contributed by atoms with Crippen molar-refractivity contribution in [2.45, 2.75) is 18.7 Å². The molecule has 1 aromatic rings. The Hall–Kier alpha value is -0.540. The molecule has 0 bridgehead atoms. The van der Waals surface area contributed by atoms with Crippen LogP contribution >= 0.6 is 27.5 Å². The van der Waals surface area contributed by atoms with E-state index >= 15 is 0 Å². The van der Waals surface area contributed by atoms with E-state index in [1.165, 1.54) is 7.11 Å². The van der Waals surface area contributed by atoms with Crippen LogP contribution in [0.25, 0.3) is 0 Å². The summed E-state index contributed by atoms with van der Waals surface area (Å²) in [6.45, 7) is 1.96. The average molecular weight is 292 g/mol. The molecule has 0 aliphatic heterocycles. The molecule has 0 aliphatic rings. The highest BCUT2D eigenvalue weighted by atomic mass is 79.9. The van der Waals surface area contributed by atoms with Crippen molar-refractivity contribution in [2.75, 3.05) is 7.11 Å². The topological polar surface area (TPSA) is 26.3 Å². The number of benzene rings is 1. The van der Waals surface area contributed by atoms with Gasteiger partial charge in [-0.2, -0.15) is 0 Å². The molecule has 0 heterocycles. The van der Waals surface area contributed by atoms with Gasteiger partial charge in [0, 0.05) is 10.4 Å². The van der Waals surface area contributed by atoms with E-state index in [9.17, 15) is 4.79 Å². The number of carbonyl (C=O) groups is 1. The van der Waals surface area contributed by atoms with Crippen molar-refractivity contribution in [3.05, 3.63) is 33.8 Å². The van der Waals surface area contributed by atoms with Gasteiger partial charge in [0.2, 0.25) is 0 Å². The number of halogens is 2. The van der Waals surface area contributed by atoms with Gasteiger partial charge in [0.1, 0.15) is 0 Å². The van der Waals surface area contributed by atoms with Crippen molar-refractivity contribution < 1.29 is 9.53 Å². The number of carbonyl (C=O) groups excluding carboxylic acids is 1. The molecule has 15 heavy (non-hydrogen) atoms. The summed E-state index contributed by atoms with van der Waals surface area (Å²) in [7, 11) is 1.38. The summed E-state index contributed by atoms with van der Waals surface area (Å²) in [5.41, 5.74) is 3.02. The van der Waals surface area contributed by atoms with Crippen LogP contribution in [0.5, 0.6) is 0 Å². The number of alkyl halides is 1. The summed E-state index contributed by atoms with van der Waals surface area (Å²) in [5.74, 6) is -0.254. The number of hydrogen-bond donors (Lipinski definition) is 0. The first-order valence-electron chi connectivity index (χ1n) is 4.49. The minimum atomic E-state index is -0.254. The summed E-state index contributed by atoms with van der Waals surface area (Å²) >= 11 is 9.44. The molecule has 0 amide bonds. The van der Waals surface area contributed by atoms with Crippen LogP contribution in [0.3, 0.4) is 0 Å². The maximum atomic E-state index is 11.1. The SMILES string of the molecule is COC(=O)Cc1cc(Cl)c(C)c(CBr)c1. The van der Waals surface area contributed by atoms with Crippen LogP contribution in [-0.4, -0.2) is 13.1 Å².